The quantitative estimate of drug-likeness (QED) is 0.799. The Kier molecular flexibility index (Phi) is 3.59. The van der Waals surface area contributed by atoms with Gasteiger partial charge in [-0.25, -0.2) is 4.68 Å². The van der Waals surface area contributed by atoms with Gasteiger partial charge < -0.3 is 9.31 Å². The van der Waals surface area contributed by atoms with Crippen LogP contribution < -0.4 is 5.46 Å². The Morgan fingerprint density at radius 3 is 2.17 bits per heavy atom. The van der Waals surface area contributed by atoms with Crippen LogP contribution in [0.4, 0.5) is 0 Å². The number of aromatic nitrogens is 2. The van der Waals surface area contributed by atoms with Crippen molar-refractivity contribution in [3.8, 4) is 11.8 Å². The van der Waals surface area contributed by atoms with Crippen LogP contribution in [0.5, 0.6) is 0 Å². The number of nitrogens with zero attached hydrogens (tertiary/aromatic N) is 3. The zero-order valence-corrected chi connectivity index (χ0v) is 14.1. The molecule has 0 spiro atoms. The minimum absolute atomic E-state index is 0.374. The SMILES string of the molecule is Cc1nn(-c2ccc(C#N)cc2)cc1B1OC(C)(C)C(C)(C)O1. The second kappa shape index (κ2) is 5.22. The fourth-order valence-electron chi connectivity index (χ4n) is 2.50. The molecule has 0 aliphatic carbocycles. The summed E-state index contributed by atoms with van der Waals surface area (Å²) in [5.74, 6) is 0. The van der Waals surface area contributed by atoms with E-state index in [1.807, 2.05) is 52.9 Å². The largest absolute Gasteiger partial charge is 0.498 e. The molecular weight excluding hydrogens is 289 g/mol. The lowest BCUT2D eigenvalue weighted by molar-refractivity contribution is 0.00578. The standard InChI is InChI=1S/C17H20BN3O2/c1-12-15(18-22-16(2,3)17(4,5)23-18)11-21(20-12)14-8-6-13(10-19)7-9-14/h6-9,11H,1-5H3. The van der Waals surface area contributed by atoms with E-state index in [0.29, 0.717) is 5.56 Å². The smallest absolute Gasteiger partial charge is 0.399 e. The molecule has 118 valence electrons. The molecule has 3 rings (SSSR count). The van der Waals surface area contributed by atoms with E-state index in [1.165, 1.54) is 0 Å². The molecule has 0 atom stereocenters. The predicted octanol–water partition coefficient (Wildman–Crippen LogP) is 2.35. The molecule has 0 unspecified atom stereocenters. The summed E-state index contributed by atoms with van der Waals surface area (Å²) in [4.78, 5) is 0. The molecule has 1 aliphatic rings. The van der Waals surface area contributed by atoms with Gasteiger partial charge in [0.05, 0.1) is 34.2 Å². The van der Waals surface area contributed by atoms with E-state index in [0.717, 1.165) is 16.8 Å². The van der Waals surface area contributed by atoms with E-state index in [1.54, 1.807) is 16.8 Å². The highest BCUT2D eigenvalue weighted by Crippen LogP contribution is 2.36. The summed E-state index contributed by atoms with van der Waals surface area (Å²) >= 11 is 0. The predicted molar refractivity (Wildman–Crippen MR) is 88.7 cm³/mol. The molecule has 1 fully saturated rings. The fourth-order valence-corrected chi connectivity index (χ4v) is 2.50. The number of aryl methyl sites for hydroxylation is 1. The van der Waals surface area contributed by atoms with Gasteiger partial charge >= 0.3 is 7.12 Å². The average molecular weight is 309 g/mol. The molecule has 0 radical (unpaired) electrons. The van der Waals surface area contributed by atoms with Gasteiger partial charge in [-0.2, -0.15) is 10.4 Å². The summed E-state index contributed by atoms with van der Waals surface area (Å²) in [6, 6.07) is 9.42. The lowest BCUT2D eigenvalue weighted by Gasteiger charge is -2.32. The van der Waals surface area contributed by atoms with Gasteiger partial charge in [-0.3, -0.25) is 0 Å². The molecule has 2 aromatic rings. The van der Waals surface area contributed by atoms with Gasteiger partial charge in [0.15, 0.2) is 0 Å². The molecule has 0 N–H and O–H groups in total. The summed E-state index contributed by atoms with van der Waals surface area (Å²) < 4.78 is 14.0. The van der Waals surface area contributed by atoms with Crippen LogP contribution >= 0.6 is 0 Å². The molecular formula is C17H20BN3O2. The van der Waals surface area contributed by atoms with Crippen LogP contribution in [0.2, 0.25) is 0 Å². The Labute approximate surface area is 137 Å². The van der Waals surface area contributed by atoms with Crippen molar-refractivity contribution in [3.05, 3.63) is 41.7 Å². The normalized spacial score (nSPS) is 18.9. The molecule has 0 saturated carbocycles. The van der Waals surface area contributed by atoms with E-state index in [-0.39, 0.29) is 11.2 Å². The third-order valence-electron chi connectivity index (χ3n) is 4.71. The lowest BCUT2D eigenvalue weighted by Crippen LogP contribution is -2.41. The number of nitriles is 1. The highest BCUT2D eigenvalue weighted by atomic mass is 16.7. The Morgan fingerprint density at radius 2 is 1.65 bits per heavy atom. The van der Waals surface area contributed by atoms with Crippen molar-refractivity contribution >= 4 is 12.6 Å². The summed E-state index contributed by atoms with van der Waals surface area (Å²) in [6.07, 6.45) is 1.93. The van der Waals surface area contributed by atoms with Crippen molar-refractivity contribution in [2.45, 2.75) is 45.8 Å². The maximum Gasteiger partial charge on any atom is 0.498 e. The van der Waals surface area contributed by atoms with E-state index in [4.69, 9.17) is 14.6 Å². The van der Waals surface area contributed by atoms with Crippen LogP contribution in [-0.4, -0.2) is 28.1 Å². The minimum Gasteiger partial charge on any atom is -0.399 e. The Morgan fingerprint density at radius 1 is 1.09 bits per heavy atom. The van der Waals surface area contributed by atoms with Gasteiger partial charge in [-0.15, -0.1) is 0 Å². The maximum absolute atomic E-state index is 8.88. The van der Waals surface area contributed by atoms with E-state index >= 15 is 0 Å². The summed E-state index contributed by atoms with van der Waals surface area (Å²) in [5, 5.41) is 13.4. The molecule has 1 aromatic carbocycles. The van der Waals surface area contributed by atoms with Crippen molar-refractivity contribution in [1.29, 1.82) is 5.26 Å². The summed E-state index contributed by atoms with van der Waals surface area (Å²) in [7, 11) is -0.424. The molecule has 2 heterocycles. The van der Waals surface area contributed by atoms with Crippen molar-refractivity contribution in [3.63, 3.8) is 0 Å². The molecule has 0 bridgehead atoms. The van der Waals surface area contributed by atoms with Crippen LogP contribution in [0.3, 0.4) is 0 Å². The number of benzene rings is 1. The number of rotatable bonds is 2. The van der Waals surface area contributed by atoms with Crippen LogP contribution in [0.25, 0.3) is 5.69 Å². The third-order valence-corrected chi connectivity index (χ3v) is 4.71. The molecule has 5 nitrogen and oxygen atoms in total. The van der Waals surface area contributed by atoms with Crippen LogP contribution in [0.15, 0.2) is 30.5 Å². The summed E-state index contributed by atoms with van der Waals surface area (Å²) in [6.45, 7) is 10.1. The van der Waals surface area contributed by atoms with Crippen LogP contribution in [-0.2, 0) is 9.31 Å². The van der Waals surface area contributed by atoms with Crippen molar-refractivity contribution in [2.75, 3.05) is 0 Å². The monoisotopic (exact) mass is 309 g/mol. The molecule has 1 aromatic heterocycles. The van der Waals surface area contributed by atoms with E-state index in [2.05, 4.69) is 11.2 Å². The Bertz CT molecular complexity index is 756. The first-order chi connectivity index (χ1) is 10.7. The highest BCUT2D eigenvalue weighted by Gasteiger charge is 2.52. The van der Waals surface area contributed by atoms with Crippen LogP contribution in [0.1, 0.15) is 39.0 Å². The number of hydrogen-bond donors (Lipinski definition) is 0. The fraction of sp³-hybridized carbons (Fsp3) is 0.412. The van der Waals surface area contributed by atoms with Gasteiger partial charge in [0.25, 0.3) is 0 Å². The first kappa shape index (κ1) is 15.8. The zero-order valence-electron chi connectivity index (χ0n) is 14.1. The zero-order chi connectivity index (χ0) is 16.8. The second-order valence-electron chi connectivity index (χ2n) is 6.86. The first-order valence-corrected chi connectivity index (χ1v) is 7.66. The molecule has 1 saturated heterocycles. The van der Waals surface area contributed by atoms with E-state index < -0.39 is 7.12 Å². The van der Waals surface area contributed by atoms with Gasteiger partial charge in [-0.1, -0.05) is 0 Å². The van der Waals surface area contributed by atoms with Gasteiger partial charge in [0.1, 0.15) is 0 Å². The maximum atomic E-state index is 8.88. The molecule has 6 heteroatoms. The molecule has 0 amide bonds. The third kappa shape index (κ3) is 2.67. The Hall–Kier alpha value is -2.10. The number of hydrogen-bond acceptors (Lipinski definition) is 4. The minimum atomic E-state index is -0.424. The lowest BCUT2D eigenvalue weighted by atomic mass is 9.79. The molecule has 1 aliphatic heterocycles. The summed E-state index contributed by atoms with van der Waals surface area (Å²) in [5.41, 5.74) is 2.57. The Balaban J connectivity index is 1.92. The van der Waals surface area contributed by atoms with Crippen molar-refractivity contribution < 1.29 is 9.31 Å². The van der Waals surface area contributed by atoms with E-state index in [9.17, 15) is 0 Å². The van der Waals surface area contributed by atoms with Crippen molar-refractivity contribution in [1.82, 2.24) is 9.78 Å². The highest BCUT2D eigenvalue weighted by molar-refractivity contribution is 6.62. The second-order valence-corrected chi connectivity index (χ2v) is 6.86. The average Bonchev–Trinajstić information content (AvgIpc) is 2.97. The van der Waals surface area contributed by atoms with Gasteiger partial charge in [-0.05, 0) is 58.9 Å². The van der Waals surface area contributed by atoms with Crippen LogP contribution in [0, 0.1) is 18.3 Å². The molecule has 23 heavy (non-hydrogen) atoms. The van der Waals surface area contributed by atoms with Gasteiger partial charge in [0.2, 0.25) is 0 Å². The first-order valence-electron chi connectivity index (χ1n) is 7.66. The van der Waals surface area contributed by atoms with Gasteiger partial charge in [0, 0.05) is 11.7 Å². The van der Waals surface area contributed by atoms with Crippen molar-refractivity contribution in [2.24, 2.45) is 0 Å². The topological polar surface area (TPSA) is 60.1 Å².